The molecule has 2 aliphatic rings. The lowest BCUT2D eigenvalue weighted by atomic mass is 9.73. The first kappa shape index (κ1) is 17.2. The third-order valence-corrected chi connectivity index (χ3v) is 8.12. The van der Waals surface area contributed by atoms with Crippen molar-refractivity contribution in [1.29, 1.82) is 0 Å². The smallest absolute Gasteiger partial charge is 0.134 e. The van der Waals surface area contributed by atoms with Gasteiger partial charge in [0.2, 0.25) is 0 Å². The fourth-order valence-electron chi connectivity index (χ4n) is 4.28. The fraction of sp³-hybridized carbons (Fsp3) is 0.400. The summed E-state index contributed by atoms with van der Waals surface area (Å²) in [5, 5.41) is 0.834. The molecule has 0 radical (unpaired) electrons. The third-order valence-electron chi connectivity index (χ3n) is 5.57. The number of halogens is 1. The molecule has 25 heavy (non-hydrogen) atoms. The first-order chi connectivity index (χ1) is 12.0. The van der Waals surface area contributed by atoms with Crippen molar-refractivity contribution in [3.8, 4) is 5.75 Å². The summed E-state index contributed by atoms with van der Waals surface area (Å²) in [6.07, 6.45) is 3.71. The topological polar surface area (TPSA) is 26.3 Å². The summed E-state index contributed by atoms with van der Waals surface area (Å²) in [4.78, 5) is 0.777. The summed E-state index contributed by atoms with van der Waals surface area (Å²) >= 11 is 0. The summed E-state index contributed by atoms with van der Waals surface area (Å²) in [7, 11) is 1.30. The minimum absolute atomic E-state index is 0.0807. The van der Waals surface area contributed by atoms with E-state index in [1.165, 1.54) is 6.07 Å². The second kappa shape index (κ2) is 6.48. The molecular formula is C20H22FO2PS. The second-order valence-electron chi connectivity index (χ2n) is 7.07. The van der Waals surface area contributed by atoms with Crippen LogP contribution in [-0.4, -0.2) is 10.8 Å². The summed E-state index contributed by atoms with van der Waals surface area (Å²) < 4.78 is 34.0. The number of hydrogen-bond donors (Lipinski definition) is 0. The van der Waals surface area contributed by atoms with E-state index in [9.17, 15) is 8.60 Å². The zero-order chi connectivity index (χ0) is 17.6. The molecule has 0 N–H and O–H groups in total. The van der Waals surface area contributed by atoms with Crippen molar-refractivity contribution in [1.82, 2.24) is 0 Å². The minimum Gasteiger partial charge on any atom is -0.492 e. The maximum atomic E-state index is 15.0. The Bertz CT molecular complexity index is 836. The first-order valence-electron chi connectivity index (χ1n) is 8.74. The molecule has 2 aromatic rings. The molecule has 0 saturated heterocycles. The number of ether oxygens (including phenoxy) is 1. The van der Waals surface area contributed by atoms with E-state index in [4.69, 9.17) is 4.74 Å². The minimum atomic E-state index is -1.32. The van der Waals surface area contributed by atoms with Gasteiger partial charge in [0, 0.05) is 21.7 Å². The molecule has 0 bridgehead atoms. The van der Waals surface area contributed by atoms with E-state index in [0.29, 0.717) is 17.9 Å². The summed E-state index contributed by atoms with van der Waals surface area (Å²) in [5.74, 6) is 0.356. The lowest BCUT2D eigenvalue weighted by Crippen LogP contribution is -2.49. The van der Waals surface area contributed by atoms with Crippen molar-refractivity contribution in [2.24, 2.45) is 5.92 Å². The van der Waals surface area contributed by atoms with Gasteiger partial charge in [0.15, 0.2) is 0 Å². The van der Waals surface area contributed by atoms with Crippen LogP contribution < -0.4 is 10.0 Å². The highest BCUT2D eigenvalue weighted by atomic mass is 32.2. The zero-order valence-corrected chi connectivity index (χ0v) is 16.2. The maximum Gasteiger partial charge on any atom is 0.134 e. The predicted molar refractivity (Wildman–Crippen MR) is 102 cm³/mol. The molecule has 2 nitrogen and oxygen atoms in total. The second-order valence-corrected chi connectivity index (χ2v) is 9.43. The molecule has 0 spiro atoms. The van der Waals surface area contributed by atoms with Crippen LogP contribution in [0.3, 0.4) is 0 Å². The molecular weight excluding hydrogens is 354 g/mol. The highest BCUT2D eigenvalue weighted by Crippen LogP contribution is 2.54. The highest BCUT2D eigenvalue weighted by molar-refractivity contribution is 7.86. The summed E-state index contributed by atoms with van der Waals surface area (Å²) in [6.45, 7) is 2.52. The van der Waals surface area contributed by atoms with Crippen LogP contribution in [0.15, 0.2) is 41.3 Å². The van der Waals surface area contributed by atoms with E-state index in [0.717, 1.165) is 41.4 Å². The monoisotopic (exact) mass is 376 g/mol. The Labute approximate surface area is 152 Å². The molecule has 0 amide bonds. The molecule has 1 aliphatic heterocycles. The van der Waals surface area contributed by atoms with Gasteiger partial charge in [0.05, 0.1) is 22.2 Å². The van der Waals surface area contributed by atoms with E-state index in [1.54, 1.807) is 6.07 Å². The van der Waals surface area contributed by atoms with Crippen LogP contribution in [0.4, 0.5) is 4.39 Å². The third kappa shape index (κ3) is 2.65. The molecule has 1 saturated carbocycles. The molecule has 2 aromatic carbocycles. The van der Waals surface area contributed by atoms with Crippen molar-refractivity contribution in [2.45, 2.75) is 42.2 Å². The number of aryl methyl sites for hydroxylation is 1. The van der Waals surface area contributed by atoms with Gasteiger partial charge in [-0.25, -0.2) is 4.39 Å². The summed E-state index contributed by atoms with van der Waals surface area (Å²) in [5.41, 5.74) is 1.65. The van der Waals surface area contributed by atoms with Gasteiger partial charge in [-0.05, 0) is 44.0 Å². The van der Waals surface area contributed by atoms with Gasteiger partial charge < -0.3 is 4.74 Å². The van der Waals surface area contributed by atoms with Crippen LogP contribution >= 0.6 is 9.24 Å². The van der Waals surface area contributed by atoms with Gasteiger partial charge in [0.1, 0.15) is 11.6 Å². The SMILES string of the molecule is Cc1ccc(S(=O)[C@@]23CCCCC2COc2c(P)ccc(F)c23)cc1. The van der Waals surface area contributed by atoms with Crippen molar-refractivity contribution >= 4 is 25.3 Å². The molecule has 4 rings (SSSR count). The number of benzene rings is 2. The van der Waals surface area contributed by atoms with Gasteiger partial charge in [-0.1, -0.05) is 30.5 Å². The number of rotatable bonds is 2. The summed E-state index contributed by atoms with van der Waals surface area (Å²) in [6, 6.07) is 11.0. The van der Waals surface area contributed by atoms with Gasteiger partial charge in [0.25, 0.3) is 0 Å². The van der Waals surface area contributed by atoms with E-state index in [1.807, 2.05) is 31.2 Å². The standard InChI is InChI=1S/C20H22FO2PS/c1-13-5-7-15(8-6-13)25(22)20-11-3-2-4-14(20)12-23-19-17(24)10-9-16(21)18(19)20/h5-10,14H,2-4,11-12,24H2,1H3/t14?,20-,25?/m0/s1. The van der Waals surface area contributed by atoms with Crippen LogP contribution in [0.1, 0.15) is 36.8 Å². The Morgan fingerprint density at radius 3 is 2.72 bits per heavy atom. The average Bonchev–Trinajstić information content (AvgIpc) is 2.64. The molecule has 1 heterocycles. The van der Waals surface area contributed by atoms with Gasteiger partial charge in [-0.2, -0.15) is 0 Å². The quantitative estimate of drug-likeness (QED) is 0.734. The van der Waals surface area contributed by atoms with Crippen molar-refractivity contribution in [3.05, 3.63) is 53.3 Å². The Balaban J connectivity index is 1.94. The van der Waals surface area contributed by atoms with E-state index in [-0.39, 0.29) is 11.7 Å². The lowest BCUT2D eigenvalue weighted by molar-refractivity contribution is 0.134. The fourth-order valence-corrected chi connectivity index (χ4v) is 6.60. The zero-order valence-electron chi connectivity index (χ0n) is 14.3. The van der Waals surface area contributed by atoms with Gasteiger partial charge in [-0.3, -0.25) is 4.21 Å². The van der Waals surface area contributed by atoms with Crippen LogP contribution in [0.25, 0.3) is 0 Å². The van der Waals surface area contributed by atoms with Crippen molar-refractivity contribution < 1.29 is 13.3 Å². The Morgan fingerprint density at radius 1 is 1.20 bits per heavy atom. The lowest BCUT2D eigenvalue weighted by Gasteiger charge is -2.47. The molecule has 1 aliphatic carbocycles. The van der Waals surface area contributed by atoms with Crippen LogP contribution in [-0.2, 0) is 15.5 Å². The van der Waals surface area contributed by atoms with Gasteiger partial charge >= 0.3 is 0 Å². The normalized spacial score (nSPS) is 26.3. The van der Waals surface area contributed by atoms with Gasteiger partial charge in [-0.15, -0.1) is 9.24 Å². The largest absolute Gasteiger partial charge is 0.492 e. The van der Waals surface area contributed by atoms with Crippen LogP contribution in [0, 0.1) is 18.7 Å². The van der Waals surface area contributed by atoms with Crippen LogP contribution in [0.2, 0.25) is 0 Å². The average molecular weight is 376 g/mol. The van der Waals surface area contributed by atoms with Crippen LogP contribution in [0.5, 0.6) is 5.75 Å². The van der Waals surface area contributed by atoms with Crippen molar-refractivity contribution in [2.75, 3.05) is 6.61 Å². The molecule has 132 valence electrons. The Hall–Kier alpha value is -1.25. The molecule has 5 heteroatoms. The maximum absolute atomic E-state index is 15.0. The molecule has 4 atom stereocenters. The Morgan fingerprint density at radius 2 is 1.96 bits per heavy atom. The Kier molecular flexibility index (Phi) is 4.45. The van der Waals surface area contributed by atoms with E-state index in [2.05, 4.69) is 9.24 Å². The van der Waals surface area contributed by atoms with Crippen molar-refractivity contribution in [3.63, 3.8) is 0 Å². The molecule has 3 unspecified atom stereocenters. The number of hydrogen-bond acceptors (Lipinski definition) is 2. The van der Waals surface area contributed by atoms with E-state index >= 15 is 0 Å². The molecule has 0 aromatic heterocycles. The first-order valence-corrected chi connectivity index (χ1v) is 10.5. The molecule has 1 fully saturated rings. The highest BCUT2D eigenvalue weighted by Gasteiger charge is 2.53. The van der Waals surface area contributed by atoms with E-state index < -0.39 is 15.5 Å². The number of fused-ring (bicyclic) bond motifs is 3. The predicted octanol–water partition coefficient (Wildman–Crippen LogP) is 4.22.